The zero-order valence-electron chi connectivity index (χ0n) is 23.1. The Bertz CT molecular complexity index is 1200. The van der Waals surface area contributed by atoms with E-state index in [4.69, 9.17) is 16.3 Å². The molecule has 2 N–H and O–H groups in total. The number of anilines is 1. The minimum atomic E-state index is -1.13. The summed E-state index contributed by atoms with van der Waals surface area (Å²) in [5.74, 6) is -1.07. The van der Waals surface area contributed by atoms with Crippen molar-refractivity contribution in [3.05, 3.63) is 40.9 Å². The molecule has 0 aromatic heterocycles. The number of nitrogens with zero attached hydrogens (tertiary/aromatic N) is 1. The predicted octanol–water partition coefficient (Wildman–Crippen LogP) is 5.01. The van der Waals surface area contributed by atoms with Crippen LogP contribution in [0, 0.1) is 30.6 Å². The molecule has 39 heavy (non-hydrogen) atoms. The number of fused-ring (bicyclic) bond motifs is 1. The lowest BCUT2D eigenvalue weighted by atomic mass is 9.73. The lowest BCUT2D eigenvalue weighted by molar-refractivity contribution is -0.145. The van der Waals surface area contributed by atoms with E-state index in [-0.39, 0.29) is 29.8 Å². The Morgan fingerprint density at radius 2 is 1.82 bits per heavy atom. The van der Waals surface area contributed by atoms with Crippen molar-refractivity contribution in [1.29, 1.82) is 0 Å². The third-order valence-corrected chi connectivity index (χ3v) is 10.7. The summed E-state index contributed by atoms with van der Waals surface area (Å²) < 4.78 is 6.54. The van der Waals surface area contributed by atoms with Crippen LogP contribution in [-0.2, 0) is 19.1 Å². The van der Waals surface area contributed by atoms with Crippen molar-refractivity contribution >= 4 is 35.0 Å². The van der Waals surface area contributed by atoms with Crippen molar-refractivity contribution in [1.82, 2.24) is 10.2 Å². The monoisotopic (exact) mass is 553 g/mol. The van der Waals surface area contributed by atoms with E-state index in [9.17, 15) is 14.4 Å². The second-order valence-electron chi connectivity index (χ2n) is 12.6. The first-order valence-corrected chi connectivity index (χ1v) is 15.2. The Labute approximate surface area is 236 Å². The molecule has 2 aliphatic carbocycles. The Morgan fingerprint density at radius 1 is 1.05 bits per heavy atom. The van der Waals surface area contributed by atoms with Crippen LogP contribution in [-0.4, -0.2) is 52.5 Å². The van der Waals surface area contributed by atoms with Crippen LogP contribution in [0.3, 0.4) is 0 Å². The number of hydrogen-bond donors (Lipinski definition) is 2. The standard InChI is InChI=1S/C31H40ClN3O4/c1-17-8-7-11-23(19(17)3)34-29(37)27-31-15-14-24(39-31)25(28(36)33-20-13-12-18(2)22(32)16-20)26(31)30(38)35(27)21-9-5-4-6-10-21/h12-17,19,21,23-27H,4-11H2,1-3H3,(H,33,36)(H,34,37)/t17?,19?,23?,24-,25?,26-,27?,31?/m1/s1. The molecule has 7 nitrogen and oxygen atoms in total. The number of nitrogens with one attached hydrogen (secondary N) is 2. The Morgan fingerprint density at radius 3 is 2.56 bits per heavy atom. The van der Waals surface area contributed by atoms with E-state index >= 15 is 0 Å². The van der Waals surface area contributed by atoms with Gasteiger partial charge in [-0.1, -0.05) is 75.8 Å². The van der Waals surface area contributed by atoms with Gasteiger partial charge in [-0.2, -0.15) is 0 Å². The van der Waals surface area contributed by atoms with E-state index in [1.807, 2.05) is 36.1 Å². The van der Waals surface area contributed by atoms with Gasteiger partial charge in [0.05, 0.1) is 17.9 Å². The van der Waals surface area contributed by atoms with Gasteiger partial charge in [-0.3, -0.25) is 14.4 Å². The van der Waals surface area contributed by atoms with Gasteiger partial charge in [0.2, 0.25) is 17.7 Å². The highest BCUT2D eigenvalue weighted by atomic mass is 35.5. The molecule has 3 amide bonds. The molecule has 2 bridgehead atoms. The summed E-state index contributed by atoms with van der Waals surface area (Å²) in [5, 5.41) is 6.89. The van der Waals surface area contributed by atoms with Gasteiger partial charge in [0.15, 0.2) is 0 Å². The van der Waals surface area contributed by atoms with Crippen LogP contribution < -0.4 is 10.6 Å². The molecule has 4 fully saturated rings. The summed E-state index contributed by atoms with van der Waals surface area (Å²) in [6.45, 7) is 6.37. The largest absolute Gasteiger partial charge is 0.359 e. The highest BCUT2D eigenvalue weighted by Gasteiger charge is 2.73. The molecule has 1 aromatic carbocycles. The number of aryl methyl sites for hydroxylation is 1. The number of likely N-dealkylation sites (tertiary alicyclic amines) is 1. The quantitative estimate of drug-likeness (QED) is 0.502. The van der Waals surface area contributed by atoms with Gasteiger partial charge in [0.25, 0.3) is 0 Å². The maximum atomic E-state index is 14.3. The Hall–Kier alpha value is -2.38. The van der Waals surface area contributed by atoms with Gasteiger partial charge in [-0.25, -0.2) is 0 Å². The molecule has 3 aliphatic heterocycles. The fraction of sp³-hybridized carbons (Fsp3) is 0.645. The maximum Gasteiger partial charge on any atom is 0.246 e. The van der Waals surface area contributed by atoms with Crippen molar-refractivity contribution in [3.63, 3.8) is 0 Å². The zero-order chi connectivity index (χ0) is 27.5. The third-order valence-electron chi connectivity index (χ3n) is 10.3. The number of carbonyl (C=O) groups excluding carboxylic acids is 3. The average molecular weight is 554 g/mol. The summed E-state index contributed by atoms with van der Waals surface area (Å²) in [5.41, 5.74) is 0.379. The van der Waals surface area contributed by atoms with Gasteiger partial charge in [0.1, 0.15) is 11.6 Å². The third kappa shape index (κ3) is 4.40. The number of ether oxygens (including phenoxy) is 1. The summed E-state index contributed by atoms with van der Waals surface area (Å²) in [6.07, 6.45) is 11.4. The second-order valence-corrected chi connectivity index (χ2v) is 13.0. The molecule has 5 aliphatic rings. The van der Waals surface area contributed by atoms with Crippen LogP contribution in [0.25, 0.3) is 0 Å². The maximum absolute atomic E-state index is 14.3. The van der Waals surface area contributed by atoms with Crippen LogP contribution in [0.5, 0.6) is 0 Å². The minimum Gasteiger partial charge on any atom is -0.359 e. The van der Waals surface area contributed by atoms with E-state index in [0.29, 0.717) is 22.5 Å². The Kier molecular flexibility index (Phi) is 7.03. The highest BCUT2D eigenvalue weighted by molar-refractivity contribution is 6.31. The SMILES string of the molecule is Cc1ccc(NC(=O)C2[C@H]3C=CC4(O3)C(C(=O)NC3CCCC(C)C3C)N(C3CCCCC3)C(=O)[C@@H]24)cc1Cl. The molecule has 0 radical (unpaired) electrons. The van der Waals surface area contributed by atoms with Crippen LogP contribution >= 0.6 is 11.6 Å². The molecule has 2 saturated heterocycles. The number of rotatable bonds is 5. The molecule has 6 rings (SSSR count). The summed E-state index contributed by atoms with van der Waals surface area (Å²) in [4.78, 5) is 44.0. The van der Waals surface area contributed by atoms with Gasteiger partial charge in [-0.15, -0.1) is 0 Å². The van der Waals surface area contributed by atoms with Crippen molar-refractivity contribution in [3.8, 4) is 0 Å². The highest BCUT2D eigenvalue weighted by Crippen LogP contribution is 2.56. The molecule has 3 heterocycles. The van der Waals surface area contributed by atoms with Gasteiger partial charge >= 0.3 is 0 Å². The molecule has 2 saturated carbocycles. The van der Waals surface area contributed by atoms with Crippen LogP contribution in [0.15, 0.2) is 30.4 Å². The van der Waals surface area contributed by atoms with Crippen molar-refractivity contribution in [2.24, 2.45) is 23.7 Å². The van der Waals surface area contributed by atoms with Crippen molar-refractivity contribution < 1.29 is 19.1 Å². The predicted molar refractivity (Wildman–Crippen MR) is 150 cm³/mol. The van der Waals surface area contributed by atoms with E-state index in [2.05, 4.69) is 24.5 Å². The summed E-state index contributed by atoms with van der Waals surface area (Å²) in [7, 11) is 0. The van der Waals surface area contributed by atoms with Crippen LogP contribution in [0.2, 0.25) is 5.02 Å². The summed E-state index contributed by atoms with van der Waals surface area (Å²) >= 11 is 6.30. The lowest BCUT2D eigenvalue weighted by Crippen LogP contribution is -2.59. The first-order chi connectivity index (χ1) is 18.7. The zero-order valence-corrected chi connectivity index (χ0v) is 23.9. The number of halogens is 1. The lowest BCUT2D eigenvalue weighted by Gasteiger charge is -2.40. The average Bonchev–Trinajstić information content (AvgIpc) is 3.56. The second kappa shape index (κ2) is 10.2. The molecule has 6 unspecified atom stereocenters. The van der Waals surface area contributed by atoms with Crippen LogP contribution in [0.1, 0.15) is 70.8 Å². The molecule has 1 aromatic rings. The number of carbonyl (C=O) groups is 3. The number of hydrogen-bond acceptors (Lipinski definition) is 4. The summed E-state index contributed by atoms with van der Waals surface area (Å²) in [6, 6.07) is 4.69. The molecule has 1 spiro atoms. The number of benzene rings is 1. The van der Waals surface area contributed by atoms with Crippen LogP contribution in [0.4, 0.5) is 5.69 Å². The normalized spacial score (nSPS) is 37.7. The molecule has 8 atom stereocenters. The van der Waals surface area contributed by atoms with E-state index in [1.54, 1.807) is 6.07 Å². The Balaban J connectivity index is 1.31. The van der Waals surface area contributed by atoms with Crippen molar-refractivity contribution in [2.75, 3.05) is 5.32 Å². The molecular weight excluding hydrogens is 514 g/mol. The topological polar surface area (TPSA) is 87.7 Å². The van der Waals surface area contributed by atoms with Gasteiger partial charge in [-0.05, 0) is 55.7 Å². The fourth-order valence-electron chi connectivity index (χ4n) is 7.90. The first-order valence-electron chi connectivity index (χ1n) is 14.8. The fourth-order valence-corrected chi connectivity index (χ4v) is 8.08. The number of amides is 3. The van der Waals surface area contributed by atoms with Gasteiger partial charge < -0.3 is 20.3 Å². The van der Waals surface area contributed by atoms with E-state index in [0.717, 1.165) is 50.5 Å². The molecular formula is C31H40ClN3O4. The van der Waals surface area contributed by atoms with E-state index < -0.39 is 29.6 Å². The minimum absolute atomic E-state index is 0.0136. The van der Waals surface area contributed by atoms with E-state index in [1.165, 1.54) is 6.42 Å². The smallest absolute Gasteiger partial charge is 0.246 e. The van der Waals surface area contributed by atoms with Crippen molar-refractivity contribution in [2.45, 2.75) is 102 Å². The molecule has 8 heteroatoms. The van der Waals surface area contributed by atoms with Gasteiger partial charge in [0, 0.05) is 22.8 Å². The molecule has 210 valence electrons. The first kappa shape index (κ1) is 26.8.